The number of hydrogen-bond acceptors (Lipinski definition) is 6. The van der Waals surface area contributed by atoms with E-state index in [1.165, 1.54) is 24.9 Å². The van der Waals surface area contributed by atoms with Crippen molar-refractivity contribution in [3.05, 3.63) is 18.5 Å². The summed E-state index contributed by atoms with van der Waals surface area (Å²) in [5.74, 6) is -2.21. The van der Waals surface area contributed by atoms with Gasteiger partial charge in [-0.1, -0.05) is 0 Å². The van der Waals surface area contributed by atoms with Crippen LogP contribution in [0.15, 0.2) is 18.5 Å². The Morgan fingerprint density at radius 2 is 1.90 bits per heavy atom. The van der Waals surface area contributed by atoms with E-state index in [4.69, 9.17) is 9.84 Å². The van der Waals surface area contributed by atoms with Crippen LogP contribution in [0.1, 0.15) is 46.5 Å². The van der Waals surface area contributed by atoms with E-state index in [9.17, 15) is 18.0 Å². The van der Waals surface area contributed by atoms with E-state index in [0.717, 1.165) is 18.2 Å². The van der Waals surface area contributed by atoms with Crippen LogP contribution in [0.5, 0.6) is 0 Å². The van der Waals surface area contributed by atoms with Crippen LogP contribution in [0.4, 0.5) is 29.5 Å². The molecule has 1 spiro atoms. The number of halogens is 3. The molecule has 0 atom stereocenters. The first-order valence-electron chi connectivity index (χ1n) is 13.2. The number of nitrogens with one attached hydrogen (secondary N) is 2. The molecule has 3 fully saturated rings. The van der Waals surface area contributed by atoms with Crippen LogP contribution in [0.3, 0.4) is 0 Å². The number of alkyl halides is 3. The Labute approximate surface area is 223 Å². The third-order valence-electron chi connectivity index (χ3n) is 8.11. The van der Waals surface area contributed by atoms with Crippen LogP contribution < -0.4 is 10.2 Å². The average molecular weight is 547 g/mol. The van der Waals surface area contributed by atoms with Gasteiger partial charge in [0.25, 0.3) is 5.92 Å². The third-order valence-corrected chi connectivity index (χ3v) is 8.11. The van der Waals surface area contributed by atoms with E-state index < -0.39 is 29.7 Å². The third kappa shape index (κ3) is 4.70. The number of likely N-dealkylation sites (tertiary alicyclic amines) is 1. The largest absolute Gasteiger partial charge is 0.375 e. The molecule has 1 saturated carbocycles. The van der Waals surface area contributed by atoms with Gasteiger partial charge in [-0.2, -0.15) is 10.2 Å². The molecule has 13 heteroatoms. The highest BCUT2D eigenvalue weighted by Crippen LogP contribution is 2.51. The number of amides is 2. The number of hydrogen-bond donors (Lipinski definition) is 2. The second-order valence-corrected chi connectivity index (χ2v) is 12.1. The quantitative estimate of drug-likeness (QED) is 0.469. The number of rotatable bonds is 6. The number of carbonyl (C=O) groups is 1. The van der Waals surface area contributed by atoms with Crippen LogP contribution in [-0.2, 0) is 11.3 Å². The van der Waals surface area contributed by atoms with Gasteiger partial charge >= 0.3 is 6.03 Å². The fraction of sp³-hybridized carbons (Fsp3) is 0.615. The predicted octanol–water partition coefficient (Wildman–Crippen LogP) is 4.59. The van der Waals surface area contributed by atoms with Gasteiger partial charge in [0.1, 0.15) is 11.4 Å². The first kappa shape index (κ1) is 25.9. The highest BCUT2D eigenvalue weighted by Gasteiger charge is 2.57. The Bertz CT molecular complexity index is 1420. The summed E-state index contributed by atoms with van der Waals surface area (Å²) < 4.78 is 50.3. The minimum atomic E-state index is -2.91. The van der Waals surface area contributed by atoms with E-state index >= 15 is 0 Å². The monoisotopic (exact) mass is 546 g/mol. The maximum absolute atomic E-state index is 14.7. The number of carbonyl (C=O) groups excluding carboxylic acids is 1. The lowest BCUT2D eigenvalue weighted by molar-refractivity contribution is -0.0721. The number of fused-ring (bicyclic) bond motifs is 1. The summed E-state index contributed by atoms with van der Waals surface area (Å²) in [5, 5.41) is 15.2. The van der Waals surface area contributed by atoms with E-state index in [1.807, 2.05) is 6.92 Å². The maximum atomic E-state index is 14.7. The molecular formula is C26H33F3N8O2. The Kier molecular flexibility index (Phi) is 5.69. The van der Waals surface area contributed by atoms with Crippen molar-refractivity contribution in [2.24, 2.45) is 0 Å². The van der Waals surface area contributed by atoms with Gasteiger partial charge in [0, 0.05) is 25.3 Å². The van der Waals surface area contributed by atoms with Crippen molar-refractivity contribution in [3.8, 4) is 11.4 Å². The molecule has 2 N–H and O–H groups in total. The smallest absolute Gasteiger partial charge is 0.322 e. The molecule has 2 saturated heterocycles. The summed E-state index contributed by atoms with van der Waals surface area (Å²) in [4.78, 5) is 21.1. The number of piperidine rings is 1. The lowest BCUT2D eigenvalue weighted by Gasteiger charge is -2.47. The summed E-state index contributed by atoms with van der Waals surface area (Å²) >= 11 is 0. The number of aromatic amines is 1. The van der Waals surface area contributed by atoms with Crippen molar-refractivity contribution in [3.63, 3.8) is 0 Å². The SMILES string of the molecule is COC1(C)CN(c2nn(CC(C)(C)F)c3cc(-c4[nH]ncc4NC(=O)N4CC(F)(F)CCC45CC5)ncc23)C1. The molecule has 2 aliphatic heterocycles. The standard InChI is InChI=1S/C26H33F3N8O2/c1-23(2,27)12-37-19-9-17(30-10-16(19)21(34-37)35-13-24(3,14-35)39-4)20-18(11-31-33-20)32-22(38)36-15-26(28,29)8-7-25(36)5-6-25/h9-11H,5-8,12-15H2,1-4H3,(H,31,33)(H,32,38). The summed E-state index contributed by atoms with van der Waals surface area (Å²) in [6, 6.07) is 1.19. The molecular weight excluding hydrogens is 513 g/mol. The number of methoxy groups -OCH3 is 1. The highest BCUT2D eigenvalue weighted by molar-refractivity contribution is 5.96. The first-order valence-corrected chi connectivity index (χ1v) is 13.2. The number of urea groups is 1. The molecule has 6 rings (SSSR count). The lowest BCUT2D eigenvalue weighted by Crippen LogP contribution is -2.61. The zero-order valence-corrected chi connectivity index (χ0v) is 22.5. The van der Waals surface area contributed by atoms with Gasteiger partial charge in [-0.05, 0) is 46.1 Å². The van der Waals surface area contributed by atoms with Crippen molar-refractivity contribution in [1.29, 1.82) is 0 Å². The fourth-order valence-corrected chi connectivity index (χ4v) is 5.68. The topological polar surface area (TPSA) is 104 Å². The molecule has 3 aromatic heterocycles. The number of aromatic nitrogens is 5. The molecule has 3 aromatic rings. The van der Waals surface area contributed by atoms with Gasteiger partial charge in [0.2, 0.25) is 0 Å². The van der Waals surface area contributed by atoms with E-state index in [0.29, 0.717) is 47.9 Å². The maximum Gasteiger partial charge on any atom is 0.322 e. The van der Waals surface area contributed by atoms with Gasteiger partial charge in [-0.15, -0.1) is 0 Å². The zero-order chi connectivity index (χ0) is 27.8. The van der Waals surface area contributed by atoms with Gasteiger partial charge in [-0.25, -0.2) is 18.0 Å². The van der Waals surface area contributed by atoms with Crippen LogP contribution in [0.25, 0.3) is 22.3 Å². The van der Waals surface area contributed by atoms with Crippen molar-refractivity contribution in [2.75, 3.05) is 37.0 Å². The summed E-state index contributed by atoms with van der Waals surface area (Å²) in [6.45, 7) is 5.72. The minimum Gasteiger partial charge on any atom is -0.375 e. The lowest BCUT2D eigenvalue weighted by atomic mass is 9.96. The molecule has 210 valence electrons. The second kappa shape index (κ2) is 8.57. The second-order valence-electron chi connectivity index (χ2n) is 12.1. The number of pyridine rings is 1. The average Bonchev–Trinajstić information content (AvgIpc) is 3.34. The fourth-order valence-electron chi connectivity index (χ4n) is 5.68. The van der Waals surface area contributed by atoms with Gasteiger partial charge < -0.3 is 19.9 Å². The van der Waals surface area contributed by atoms with Crippen molar-refractivity contribution in [2.45, 2.75) is 75.7 Å². The number of anilines is 2. The molecule has 5 heterocycles. The van der Waals surface area contributed by atoms with Gasteiger partial charge in [0.15, 0.2) is 5.82 Å². The number of nitrogens with zero attached hydrogens (tertiary/aromatic N) is 6. The molecule has 0 unspecified atom stereocenters. The van der Waals surface area contributed by atoms with Crippen molar-refractivity contribution in [1.82, 2.24) is 29.9 Å². The minimum absolute atomic E-state index is 0.0279. The van der Waals surface area contributed by atoms with Crippen LogP contribution >= 0.6 is 0 Å². The van der Waals surface area contributed by atoms with Crippen LogP contribution in [0, 0.1) is 0 Å². The van der Waals surface area contributed by atoms with E-state index in [2.05, 4.69) is 25.4 Å². The predicted molar refractivity (Wildman–Crippen MR) is 140 cm³/mol. The molecule has 0 bridgehead atoms. The molecule has 1 aliphatic carbocycles. The van der Waals surface area contributed by atoms with Gasteiger partial charge in [-0.3, -0.25) is 14.8 Å². The molecule has 0 aromatic carbocycles. The number of ether oxygens (including phenoxy) is 1. The Morgan fingerprint density at radius 1 is 1.18 bits per heavy atom. The summed E-state index contributed by atoms with van der Waals surface area (Å²) in [7, 11) is 1.68. The Hall–Kier alpha value is -3.35. The highest BCUT2D eigenvalue weighted by atomic mass is 19.3. The van der Waals surface area contributed by atoms with Crippen LogP contribution in [0.2, 0.25) is 0 Å². The molecule has 0 radical (unpaired) electrons. The number of H-pyrrole nitrogens is 1. The molecule has 2 amide bonds. The van der Waals surface area contributed by atoms with E-state index in [-0.39, 0.29) is 18.6 Å². The molecule has 10 nitrogen and oxygen atoms in total. The molecule has 39 heavy (non-hydrogen) atoms. The Balaban J connectivity index is 1.31. The summed E-state index contributed by atoms with van der Waals surface area (Å²) in [5.41, 5.74) is -0.400. The Morgan fingerprint density at radius 3 is 2.56 bits per heavy atom. The van der Waals surface area contributed by atoms with Gasteiger partial charge in [0.05, 0.1) is 60.3 Å². The van der Waals surface area contributed by atoms with Crippen molar-refractivity contribution >= 4 is 28.4 Å². The zero-order valence-electron chi connectivity index (χ0n) is 22.5. The van der Waals surface area contributed by atoms with E-state index in [1.54, 1.807) is 24.1 Å². The van der Waals surface area contributed by atoms with Crippen molar-refractivity contribution < 1.29 is 22.7 Å². The molecule has 3 aliphatic rings. The first-order chi connectivity index (χ1) is 18.3. The summed E-state index contributed by atoms with van der Waals surface area (Å²) in [6.07, 6.45) is 4.65. The normalized spacial score (nSPS) is 21.3. The van der Waals surface area contributed by atoms with Crippen LogP contribution in [-0.4, -0.2) is 85.4 Å².